The Labute approximate surface area is 472 Å². The van der Waals surface area contributed by atoms with Crippen LogP contribution in [0.1, 0.15) is 232 Å². The molecule has 78 heavy (non-hydrogen) atoms. The van der Waals surface area contributed by atoms with E-state index in [1.807, 2.05) is 0 Å². The lowest BCUT2D eigenvalue weighted by Crippen LogP contribution is -2.65. The van der Waals surface area contributed by atoms with Crippen molar-refractivity contribution in [1.82, 2.24) is 5.32 Å². The highest BCUT2D eigenvalue weighted by molar-refractivity contribution is 5.76. The summed E-state index contributed by atoms with van der Waals surface area (Å²) in [6.45, 7) is 2.73. The van der Waals surface area contributed by atoms with Crippen LogP contribution in [0.2, 0.25) is 0 Å². The number of aliphatic hydroxyl groups is 8. The van der Waals surface area contributed by atoms with Crippen molar-refractivity contribution < 1.29 is 64.6 Å². The summed E-state index contributed by atoms with van der Waals surface area (Å²) in [5.74, 6) is -0.210. The maximum absolute atomic E-state index is 13.3. The van der Waals surface area contributed by atoms with Gasteiger partial charge in [0, 0.05) is 6.42 Å². The van der Waals surface area contributed by atoms with Crippen LogP contribution >= 0.6 is 0 Å². The number of carbonyl (C=O) groups is 1. The summed E-state index contributed by atoms with van der Waals surface area (Å²) in [5, 5.41) is 87.1. The van der Waals surface area contributed by atoms with Crippen LogP contribution in [0.3, 0.4) is 0 Å². The number of ether oxygens (including phenoxy) is 4. The molecule has 2 saturated heterocycles. The Hall–Kier alpha value is -2.57. The summed E-state index contributed by atoms with van der Waals surface area (Å²) in [4.78, 5) is 13.3. The molecular formula is C64H113NO13. The zero-order valence-electron chi connectivity index (χ0n) is 48.6. The van der Waals surface area contributed by atoms with Crippen LogP contribution in [-0.2, 0) is 23.7 Å². The number of nitrogens with one attached hydrogen (secondary N) is 1. The molecule has 0 radical (unpaired) electrons. The van der Waals surface area contributed by atoms with E-state index in [0.717, 1.165) is 89.9 Å². The molecule has 2 aliphatic heterocycles. The first-order valence-electron chi connectivity index (χ1n) is 31.2. The highest BCUT2D eigenvalue weighted by Crippen LogP contribution is 2.30. The van der Waals surface area contributed by atoms with Crippen molar-refractivity contribution in [2.45, 2.75) is 306 Å². The van der Waals surface area contributed by atoms with E-state index in [1.54, 1.807) is 0 Å². The van der Waals surface area contributed by atoms with Crippen molar-refractivity contribution >= 4 is 5.91 Å². The molecule has 1 amide bonds. The summed E-state index contributed by atoms with van der Waals surface area (Å²) in [6, 6.07) is -0.830. The zero-order valence-corrected chi connectivity index (χ0v) is 48.6. The van der Waals surface area contributed by atoms with Gasteiger partial charge in [-0.15, -0.1) is 0 Å². The number of aliphatic hydroxyl groups excluding tert-OH is 8. The minimum Gasteiger partial charge on any atom is -0.394 e. The van der Waals surface area contributed by atoms with Gasteiger partial charge in [-0.05, 0) is 64.2 Å². The normalized spacial score (nSPS) is 25.1. The number of carbonyl (C=O) groups excluding carboxylic acids is 1. The predicted octanol–water partition coefficient (Wildman–Crippen LogP) is 11.1. The van der Waals surface area contributed by atoms with Crippen LogP contribution in [0.5, 0.6) is 0 Å². The van der Waals surface area contributed by atoms with Gasteiger partial charge in [0.25, 0.3) is 0 Å². The second-order valence-electron chi connectivity index (χ2n) is 21.8. The average Bonchev–Trinajstić information content (AvgIpc) is 3.47. The third-order valence-corrected chi connectivity index (χ3v) is 14.9. The summed E-state index contributed by atoms with van der Waals surface area (Å²) in [5.41, 5.74) is 0. The van der Waals surface area contributed by atoms with Crippen molar-refractivity contribution in [2.24, 2.45) is 0 Å². The Morgan fingerprint density at radius 2 is 0.885 bits per heavy atom. The minimum absolute atomic E-state index is 0.210. The van der Waals surface area contributed by atoms with Gasteiger partial charge in [0.05, 0.1) is 32.0 Å². The quantitative estimate of drug-likeness (QED) is 0.0204. The first kappa shape index (κ1) is 71.5. The lowest BCUT2D eigenvalue weighted by atomic mass is 9.97. The van der Waals surface area contributed by atoms with Crippen LogP contribution in [0.25, 0.3) is 0 Å². The number of hydrogen-bond donors (Lipinski definition) is 9. The molecule has 14 nitrogen and oxygen atoms in total. The summed E-state index contributed by atoms with van der Waals surface area (Å²) < 4.78 is 22.8. The lowest BCUT2D eigenvalue weighted by molar-refractivity contribution is -0.359. The Morgan fingerprint density at radius 1 is 0.474 bits per heavy atom. The van der Waals surface area contributed by atoms with Crippen molar-refractivity contribution in [3.05, 3.63) is 72.9 Å². The molecule has 0 bridgehead atoms. The van der Waals surface area contributed by atoms with Gasteiger partial charge >= 0.3 is 0 Å². The number of hydrogen-bond acceptors (Lipinski definition) is 13. The summed E-state index contributed by atoms with van der Waals surface area (Å²) >= 11 is 0. The number of allylic oxidation sites excluding steroid dienone is 12. The van der Waals surface area contributed by atoms with E-state index in [9.17, 15) is 45.6 Å². The Bertz CT molecular complexity index is 1580. The molecule has 14 heteroatoms. The Morgan fingerprint density at radius 3 is 1.36 bits per heavy atom. The third-order valence-electron chi connectivity index (χ3n) is 14.9. The summed E-state index contributed by atoms with van der Waals surface area (Å²) in [6.07, 6.45) is 47.8. The van der Waals surface area contributed by atoms with Crippen LogP contribution in [0.15, 0.2) is 72.9 Å². The van der Waals surface area contributed by atoms with E-state index in [0.29, 0.717) is 12.8 Å². The molecule has 9 N–H and O–H groups in total. The smallest absolute Gasteiger partial charge is 0.220 e. The molecule has 0 aliphatic carbocycles. The molecule has 2 fully saturated rings. The number of unbranched alkanes of at least 4 members (excludes halogenated alkanes) is 24. The van der Waals surface area contributed by atoms with E-state index >= 15 is 0 Å². The van der Waals surface area contributed by atoms with E-state index in [-0.39, 0.29) is 12.5 Å². The predicted molar refractivity (Wildman–Crippen MR) is 313 cm³/mol. The topological polar surface area (TPSA) is 228 Å². The van der Waals surface area contributed by atoms with Gasteiger partial charge in [-0.1, -0.05) is 234 Å². The standard InChI is InChI=1S/C64H113NO13/c1-3-5-7-9-11-13-15-16-17-18-19-20-21-22-23-24-25-26-27-28-29-30-31-32-33-34-35-36-38-40-42-44-46-48-56(69)65-52(53(68)47-45-43-41-39-37-14-12-10-8-6-4-2)51-75-63-61(74)59(72)62(55(50-67)77-63)78-64-60(73)58(71)57(70)54(49-66)76-64/h5,7,11,13,16-17,19-20,22-23,25-26,52-55,57-64,66-68,70-74H,3-4,6,8-10,12,14-15,18,21,24,27-51H2,1-2H3,(H,65,69)/b7-5-,13-11-,17-16-,20-19-,23-22-,26-25-. The van der Waals surface area contributed by atoms with Gasteiger partial charge in [0.15, 0.2) is 12.6 Å². The van der Waals surface area contributed by atoms with Crippen molar-refractivity contribution in [2.75, 3.05) is 19.8 Å². The molecule has 2 aliphatic rings. The van der Waals surface area contributed by atoms with Crippen LogP contribution in [-0.4, -0.2) is 140 Å². The molecule has 2 heterocycles. The van der Waals surface area contributed by atoms with Crippen molar-refractivity contribution in [1.29, 1.82) is 0 Å². The number of rotatable bonds is 49. The molecule has 12 atom stereocenters. The largest absolute Gasteiger partial charge is 0.394 e. The van der Waals surface area contributed by atoms with Gasteiger partial charge in [-0.25, -0.2) is 0 Å². The molecule has 0 saturated carbocycles. The average molecular weight is 1100 g/mol. The highest BCUT2D eigenvalue weighted by Gasteiger charge is 2.51. The fourth-order valence-electron chi connectivity index (χ4n) is 9.95. The summed E-state index contributed by atoms with van der Waals surface area (Å²) in [7, 11) is 0. The highest BCUT2D eigenvalue weighted by atomic mass is 16.7. The van der Waals surface area contributed by atoms with Crippen LogP contribution < -0.4 is 5.32 Å². The fourth-order valence-corrected chi connectivity index (χ4v) is 9.95. The SMILES string of the molecule is CC/C=C\C/C=C\C/C=C\C/C=C\C/C=C\C/C=C\CCCCCCCCCCCCCCCCC(=O)NC(COC1OC(CO)C(OC2OC(CO)C(O)C(O)C2O)C(O)C1O)C(O)CCCCCCCCCCCCC. The van der Waals surface area contributed by atoms with Gasteiger partial charge in [-0.3, -0.25) is 4.79 Å². The first-order chi connectivity index (χ1) is 38.1. The van der Waals surface area contributed by atoms with E-state index in [2.05, 4.69) is 92.1 Å². The first-order valence-corrected chi connectivity index (χ1v) is 31.2. The second-order valence-corrected chi connectivity index (χ2v) is 21.8. The van der Waals surface area contributed by atoms with Gasteiger partial charge in [0.2, 0.25) is 5.91 Å². The Balaban J connectivity index is 1.62. The number of amides is 1. The van der Waals surface area contributed by atoms with E-state index in [1.165, 1.54) is 116 Å². The molecule has 12 unspecified atom stereocenters. The molecule has 0 aromatic rings. The van der Waals surface area contributed by atoms with Gasteiger partial charge in [-0.2, -0.15) is 0 Å². The van der Waals surface area contributed by atoms with Gasteiger partial charge < -0.3 is 65.1 Å². The second kappa shape index (κ2) is 49.1. The molecule has 452 valence electrons. The Kier molecular flexibility index (Phi) is 45.0. The molecular weight excluding hydrogens is 991 g/mol. The van der Waals surface area contributed by atoms with Gasteiger partial charge in [0.1, 0.15) is 48.8 Å². The van der Waals surface area contributed by atoms with Crippen molar-refractivity contribution in [3.63, 3.8) is 0 Å². The maximum Gasteiger partial charge on any atom is 0.220 e. The van der Waals surface area contributed by atoms with E-state index < -0.39 is 86.8 Å². The molecule has 2 rings (SSSR count). The molecule has 0 spiro atoms. The monoisotopic (exact) mass is 1100 g/mol. The molecule has 0 aromatic carbocycles. The fraction of sp³-hybridized carbons (Fsp3) is 0.797. The third kappa shape index (κ3) is 34.0. The molecule has 0 aromatic heterocycles. The van der Waals surface area contributed by atoms with Crippen LogP contribution in [0, 0.1) is 0 Å². The van der Waals surface area contributed by atoms with Crippen molar-refractivity contribution in [3.8, 4) is 0 Å². The maximum atomic E-state index is 13.3. The minimum atomic E-state index is -1.78. The van der Waals surface area contributed by atoms with E-state index in [4.69, 9.17) is 18.9 Å². The van der Waals surface area contributed by atoms with Crippen LogP contribution in [0.4, 0.5) is 0 Å². The zero-order chi connectivity index (χ0) is 56.7. The lowest BCUT2D eigenvalue weighted by Gasteiger charge is -2.46.